The number of hydrogen-bond donors (Lipinski definition) is 1. The predicted octanol–water partition coefficient (Wildman–Crippen LogP) is 1.47. The monoisotopic (exact) mass is 311 g/mol. The van der Waals surface area contributed by atoms with Crippen LogP contribution in [0.2, 0.25) is 0 Å². The molecule has 1 aliphatic rings. The highest BCUT2D eigenvalue weighted by atomic mass is 16.2. The highest BCUT2D eigenvalue weighted by Crippen LogP contribution is 2.09. The molecule has 0 aliphatic carbocycles. The number of aromatic nitrogens is 1. The van der Waals surface area contributed by atoms with Crippen LogP contribution in [0.1, 0.15) is 11.1 Å². The maximum absolute atomic E-state index is 12.3. The lowest BCUT2D eigenvalue weighted by atomic mass is 10.1. The van der Waals surface area contributed by atoms with E-state index in [1.807, 2.05) is 58.6 Å². The van der Waals surface area contributed by atoms with Gasteiger partial charge in [-0.1, -0.05) is 30.3 Å². The number of aromatic amines is 1. The van der Waals surface area contributed by atoms with Gasteiger partial charge in [-0.2, -0.15) is 0 Å². The van der Waals surface area contributed by atoms with Crippen molar-refractivity contribution in [3.8, 4) is 0 Å². The fourth-order valence-corrected chi connectivity index (χ4v) is 2.84. The van der Waals surface area contributed by atoms with Crippen molar-refractivity contribution < 1.29 is 9.59 Å². The van der Waals surface area contributed by atoms with Crippen molar-refractivity contribution >= 4 is 11.8 Å². The lowest BCUT2D eigenvalue weighted by Crippen LogP contribution is -2.51. The quantitative estimate of drug-likeness (QED) is 0.929. The zero-order valence-electron chi connectivity index (χ0n) is 13.1. The molecule has 0 bridgehead atoms. The summed E-state index contributed by atoms with van der Waals surface area (Å²) in [5.41, 5.74) is 2.03. The summed E-state index contributed by atoms with van der Waals surface area (Å²) >= 11 is 0. The van der Waals surface area contributed by atoms with E-state index in [4.69, 9.17) is 0 Å². The number of amides is 2. The number of hydrogen-bond acceptors (Lipinski definition) is 2. The second-order valence-corrected chi connectivity index (χ2v) is 5.82. The molecule has 0 atom stereocenters. The van der Waals surface area contributed by atoms with E-state index in [1.54, 1.807) is 0 Å². The zero-order chi connectivity index (χ0) is 16.1. The maximum Gasteiger partial charge on any atom is 0.227 e. The summed E-state index contributed by atoms with van der Waals surface area (Å²) in [4.78, 5) is 31.2. The Bertz CT molecular complexity index is 644. The van der Waals surface area contributed by atoms with Crippen molar-refractivity contribution in [2.75, 3.05) is 26.2 Å². The summed E-state index contributed by atoms with van der Waals surface area (Å²) in [7, 11) is 0. The first-order valence-electron chi connectivity index (χ1n) is 7.93. The Kier molecular flexibility index (Phi) is 4.76. The number of H-pyrrole nitrogens is 1. The molecule has 1 N–H and O–H groups in total. The average Bonchev–Trinajstić information content (AvgIpc) is 3.09. The first-order chi connectivity index (χ1) is 11.2. The van der Waals surface area contributed by atoms with E-state index in [-0.39, 0.29) is 11.8 Å². The van der Waals surface area contributed by atoms with Gasteiger partial charge in [0.2, 0.25) is 11.8 Å². The Morgan fingerprint density at radius 1 is 0.826 bits per heavy atom. The van der Waals surface area contributed by atoms with Crippen LogP contribution in [0, 0.1) is 0 Å². The predicted molar refractivity (Wildman–Crippen MR) is 87.8 cm³/mol. The maximum atomic E-state index is 12.3. The van der Waals surface area contributed by atoms with E-state index in [1.165, 1.54) is 0 Å². The highest BCUT2D eigenvalue weighted by molar-refractivity contribution is 5.81. The van der Waals surface area contributed by atoms with Gasteiger partial charge in [-0.15, -0.1) is 0 Å². The SMILES string of the molecule is O=C(Cc1ccccc1)N1CCN(C(=O)Cc2cc[nH]c2)CC1. The van der Waals surface area contributed by atoms with Gasteiger partial charge in [0.1, 0.15) is 0 Å². The Hall–Kier alpha value is -2.56. The van der Waals surface area contributed by atoms with Gasteiger partial charge in [0.15, 0.2) is 0 Å². The molecule has 0 radical (unpaired) electrons. The molecule has 1 aromatic heterocycles. The number of nitrogens with one attached hydrogen (secondary N) is 1. The number of carbonyl (C=O) groups is 2. The third-order valence-electron chi connectivity index (χ3n) is 4.20. The Labute approximate surface area is 135 Å². The van der Waals surface area contributed by atoms with Gasteiger partial charge in [0.05, 0.1) is 12.8 Å². The molecular formula is C18H21N3O2. The average molecular weight is 311 g/mol. The Morgan fingerprint density at radius 2 is 1.39 bits per heavy atom. The Morgan fingerprint density at radius 3 is 1.91 bits per heavy atom. The molecule has 2 amide bonds. The van der Waals surface area contributed by atoms with E-state index >= 15 is 0 Å². The molecule has 2 aromatic rings. The smallest absolute Gasteiger partial charge is 0.227 e. The number of benzene rings is 1. The van der Waals surface area contributed by atoms with E-state index in [2.05, 4.69) is 4.98 Å². The molecule has 1 aliphatic heterocycles. The summed E-state index contributed by atoms with van der Waals surface area (Å²) in [6.45, 7) is 2.46. The van der Waals surface area contributed by atoms with Gasteiger partial charge < -0.3 is 14.8 Å². The molecule has 1 fully saturated rings. The van der Waals surface area contributed by atoms with Crippen LogP contribution < -0.4 is 0 Å². The van der Waals surface area contributed by atoms with Crippen molar-refractivity contribution in [3.05, 3.63) is 59.9 Å². The molecule has 3 rings (SSSR count). The first-order valence-corrected chi connectivity index (χ1v) is 7.93. The molecule has 5 heteroatoms. The van der Waals surface area contributed by atoms with Crippen molar-refractivity contribution in [1.29, 1.82) is 0 Å². The van der Waals surface area contributed by atoms with Crippen molar-refractivity contribution in [3.63, 3.8) is 0 Å². The van der Waals surface area contributed by atoms with E-state index in [9.17, 15) is 9.59 Å². The summed E-state index contributed by atoms with van der Waals surface area (Å²) in [6, 6.07) is 11.7. The minimum Gasteiger partial charge on any atom is -0.367 e. The van der Waals surface area contributed by atoms with Crippen LogP contribution >= 0.6 is 0 Å². The summed E-state index contributed by atoms with van der Waals surface area (Å²) in [5.74, 6) is 0.258. The molecule has 0 saturated carbocycles. The van der Waals surface area contributed by atoms with Gasteiger partial charge >= 0.3 is 0 Å². The van der Waals surface area contributed by atoms with E-state index < -0.39 is 0 Å². The molecule has 1 aromatic carbocycles. The van der Waals surface area contributed by atoms with Crippen molar-refractivity contribution in [1.82, 2.24) is 14.8 Å². The van der Waals surface area contributed by atoms with Crippen molar-refractivity contribution in [2.24, 2.45) is 0 Å². The fraction of sp³-hybridized carbons (Fsp3) is 0.333. The van der Waals surface area contributed by atoms with Gasteiger partial charge in [-0.25, -0.2) is 0 Å². The summed E-state index contributed by atoms with van der Waals surface area (Å²) in [5, 5.41) is 0. The van der Waals surface area contributed by atoms with Crippen LogP contribution in [-0.4, -0.2) is 52.8 Å². The van der Waals surface area contributed by atoms with Crippen LogP contribution in [0.3, 0.4) is 0 Å². The van der Waals surface area contributed by atoms with Gasteiger partial charge in [-0.3, -0.25) is 9.59 Å². The van der Waals surface area contributed by atoms with Gasteiger partial charge in [0.25, 0.3) is 0 Å². The normalized spacial score (nSPS) is 14.8. The molecule has 1 saturated heterocycles. The van der Waals surface area contributed by atoms with Crippen LogP contribution in [-0.2, 0) is 22.4 Å². The molecule has 120 valence electrons. The van der Waals surface area contributed by atoms with Gasteiger partial charge in [-0.05, 0) is 17.2 Å². The third-order valence-corrected chi connectivity index (χ3v) is 4.20. The highest BCUT2D eigenvalue weighted by Gasteiger charge is 2.24. The molecule has 0 unspecified atom stereocenters. The third kappa shape index (κ3) is 4.00. The second kappa shape index (κ2) is 7.13. The lowest BCUT2D eigenvalue weighted by molar-refractivity contribution is -0.138. The first kappa shape index (κ1) is 15.3. The van der Waals surface area contributed by atoms with Crippen LogP contribution in [0.5, 0.6) is 0 Å². The summed E-state index contributed by atoms with van der Waals surface area (Å²) in [6.07, 6.45) is 4.51. The number of rotatable bonds is 4. The number of nitrogens with zero attached hydrogens (tertiary/aromatic N) is 2. The lowest BCUT2D eigenvalue weighted by Gasteiger charge is -2.35. The summed E-state index contributed by atoms with van der Waals surface area (Å²) < 4.78 is 0. The standard InChI is InChI=1S/C18H21N3O2/c22-17(12-15-4-2-1-3-5-15)20-8-10-21(11-9-20)18(23)13-16-6-7-19-14-16/h1-7,14,19H,8-13H2. The van der Waals surface area contributed by atoms with Crippen LogP contribution in [0.4, 0.5) is 0 Å². The molecule has 5 nitrogen and oxygen atoms in total. The zero-order valence-corrected chi connectivity index (χ0v) is 13.1. The largest absolute Gasteiger partial charge is 0.367 e. The van der Waals surface area contributed by atoms with Gasteiger partial charge in [0, 0.05) is 38.6 Å². The second-order valence-electron chi connectivity index (χ2n) is 5.82. The van der Waals surface area contributed by atoms with E-state index in [0.29, 0.717) is 39.0 Å². The number of piperazine rings is 1. The molecule has 2 heterocycles. The molecule has 0 spiro atoms. The fourth-order valence-electron chi connectivity index (χ4n) is 2.84. The Balaban J connectivity index is 1.48. The topological polar surface area (TPSA) is 56.4 Å². The minimum absolute atomic E-state index is 0.125. The minimum atomic E-state index is 0.125. The van der Waals surface area contributed by atoms with Crippen molar-refractivity contribution in [2.45, 2.75) is 12.8 Å². The van der Waals surface area contributed by atoms with Crippen LogP contribution in [0.15, 0.2) is 48.8 Å². The molecule has 23 heavy (non-hydrogen) atoms. The van der Waals surface area contributed by atoms with E-state index in [0.717, 1.165) is 11.1 Å². The molecular weight excluding hydrogens is 290 g/mol. The van der Waals surface area contributed by atoms with Crippen LogP contribution in [0.25, 0.3) is 0 Å². The number of carbonyl (C=O) groups excluding carboxylic acids is 2.